The van der Waals surface area contributed by atoms with Crippen LogP contribution in [0, 0.1) is 0 Å². The van der Waals surface area contributed by atoms with E-state index >= 15 is 0 Å². The second kappa shape index (κ2) is 9.62. The molecule has 3 heterocycles. The smallest absolute Gasteiger partial charge is 0.338 e. The van der Waals surface area contributed by atoms with Crippen LogP contribution in [0.1, 0.15) is 44.9 Å². The van der Waals surface area contributed by atoms with Gasteiger partial charge in [-0.15, -0.1) is 0 Å². The van der Waals surface area contributed by atoms with Crippen LogP contribution < -0.4 is 19.6 Å². The molecule has 0 bridgehead atoms. The van der Waals surface area contributed by atoms with Crippen molar-refractivity contribution < 1.29 is 14.3 Å². The van der Waals surface area contributed by atoms with Crippen molar-refractivity contribution in [1.82, 2.24) is 9.55 Å². The molecule has 0 fully saturated rings. The third-order valence-corrected chi connectivity index (χ3v) is 6.98. The van der Waals surface area contributed by atoms with Crippen LogP contribution in [0.5, 0.6) is 5.75 Å². The van der Waals surface area contributed by atoms with Gasteiger partial charge in [-0.2, -0.15) is 0 Å². The van der Waals surface area contributed by atoms with E-state index in [0.717, 1.165) is 27.8 Å². The van der Waals surface area contributed by atoms with Gasteiger partial charge < -0.3 is 14.5 Å². The Labute approximate surface area is 212 Å². The molecule has 0 radical (unpaired) electrons. The third-order valence-electron chi connectivity index (χ3n) is 6.00. The number of esters is 1. The van der Waals surface area contributed by atoms with Crippen LogP contribution in [0.15, 0.2) is 75.8 Å². The number of aromatic amines is 1. The molecule has 1 aliphatic rings. The lowest BCUT2D eigenvalue weighted by atomic mass is 9.96. The lowest BCUT2D eigenvalue weighted by molar-refractivity contribution is -0.143. The monoisotopic (exact) mass is 501 g/mol. The summed E-state index contributed by atoms with van der Waals surface area (Å²) in [7, 11) is 0. The average molecular weight is 502 g/mol. The number of fused-ring (bicyclic) bond motifs is 2. The fourth-order valence-electron chi connectivity index (χ4n) is 4.44. The quantitative estimate of drug-likeness (QED) is 0.404. The Morgan fingerprint density at radius 2 is 1.94 bits per heavy atom. The molecule has 8 heteroatoms. The Kier molecular flexibility index (Phi) is 6.36. The number of hydrogen-bond donors (Lipinski definition) is 1. The van der Waals surface area contributed by atoms with E-state index in [2.05, 4.69) is 9.98 Å². The number of nitrogens with one attached hydrogen (secondary N) is 1. The van der Waals surface area contributed by atoms with E-state index in [1.807, 2.05) is 67.7 Å². The summed E-state index contributed by atoms with van der Waals surface area (Å²) in [4.78, 5) is 35.5. The van der Waals surface area contributed by atoms with Crippen molar-refractivity contribution in [2.75, 3.05) is 6.61 Å². The van der Waals surface area contributed by atoms with E-state index in [1.54, 1.807) is 25.3 Å². The highest BCUT2D eigenvalue weighted by Crippen LogP contribution is 2.32. The normalized spacial score (nSPS) is 15.8. The maximum Gasteiger partial charge on any atom is 0.338 e. The number of benzene rings is 2. The number of hydrogen-bond acceptors (Lipinski definition) is 6. The van der Waals surface area contributed by atoms with Crippen molar-refractivity contribution >= 4 is 34.3 Å². The Balaban J connectivity index is 1.70. The first-order chi connectivity index (χ1) is 17.4. The van der Waals surface area contributed by atoms with Gasteiger partial charge in [-0.1, -0.05) is 41.7 Å². The van der Waals surface area contributed by atoms with Crippen molar-refractivity contribution in [1.29, 1.82) is 0 Å². The first-order valence-corrected chi connectivity index (χ1v) is 12.7. The number of para-hydroxylation sites is 1. The van der Waals surface area contributed by atoms with Crippen LogP contribution in [0.3, 0.4) is 0 Å². The number of aromatic nitrogens is 2. The highest BCUT2D eigenvalue weighted by Gasteiger charge is 2.33. The van der Waals surface area contributed by atoms with Gasteiger partial charge in [-0.05, 0) is 57.5 Å². The molecule has 2 aromatic heterocycles. The largest absolute Gasteiger partial charge is 0.494 e. The molecular weight excluding hydrogens is 474 g/mol. The molecule has 0 amide bonds. The van der Waals surface area contributed by atoms with Crippen LogP contribution in [-0.4, -0.2) is 28.2 Å². The van der Waals surface area contributed by atoms with Crippen LogP contribution in [0.25, 0.3) is 17.0 Å². The summed E-state index contributed by atoms with van der Waals surface area (Å²) >= 11 is 1.31. The number of nitrogens with zero attached hydrogens (tertiary/aromatic N) is 2. The van der Waals surface area contributed by atoms with Crippen LogP contribution >= 0.6 is 11.3 Å². The first kappa shape index (κ1) is 23.8. The molecule has 2 aromatic carbocycles. The highest BCUT2D eigenvalue weighted by molar-refractivity contribution is 7.07. The van der Waals surface area contributed by atoms with E-state index < -0.39 is 12.0 Å². The molecule has 0 spiro atoms. The standard InChI is InChI=1S/C28H27N3O4S/c1-5-34-20-12-10-18(11-13-20)25-24(27(33)35-16(2)3)17(4)30-28-31(25)26(32)23(36-28)14-19-15-29-22-9-7-6-8-21(19)22/h6-16,25,29H,5H2,1-4H3/b23-14+/t25-/m0/s1. The van der Waals surface area contributed by atoms with Crippen molar-refractivity contribution in [3.63, 3.8) is 0 Å². The molecule has 36 heavy (non-hydrogen) atoms. The number of carbonyl (C=O) groups excluding carboxylic acids is 1. The number of allylic oxidation sites excluding steroid dienone is 1. The number of carbonyl (C=O) groups is 1. The SMILES string of the molecule is CCOc1ccc([C@H]2C(C(=O)OC(C)C)=C(C)N=c3s/c(=C/c4c[nH]c5ccccc45)c(=O)n32)cc1. The van der Waals surface area contributed by atoms with Gasteiger partial charge in [0, 0.05) is 22.7 Å². The minimum absolute atomic E-state index is 0.203. The van der Waals surface area contributed by atoms with Crippen molar-refractivity contribution in [3.8, 4) is 5.75 Å². The van der Waals surface area contributed by atoms with Crippen LogP contribution in [-0.2, 0) is 9.53 Å². The predicted octanol–water partition coefficient (Wildman–Crippen LogP) is 4.07. The summed E-state index contributed by atoms with van der Waals surface area (Å²) in [6.07, 6.45) is 3.47. The zero-order chi connectivity index (χ0) is 25.4. The number of H-pyrrole nitrogens is 1. The van der Waals surface area contributed by atoms with E-state index in [4.69, 9.17) is 9.47 Å². The van der Waals surface area contributed by atoms with Crippen molar-refractivity contribution in [3.05, 3.63) is 96.8 Å². The topological polar surface area (TPSA) is 85.7 Å². The zero-order valence-electron chi connectivity index (χ0n) is 20.6. The first-order valence-electron chi connectivity index (χ1n) is 11.9. The second-order valence-electron chi connectivity index (χ2n) is 8.83. The number of ether oxygens (including phenoxy) is 2. The fraction of sp³-hybridized carbons (Fsp3) is 0.250. The molecule has 4 aromatic rings. The molecule has 1 aliphatic heterocycles. The molecular formula is C28H27N3O4S. The van der Waals surface area contributed by atoms with Crippen molar-refractivity contribution in [2.45, 2.75) is 39.8 Å². The van der Waals surface area contributed by atoms with Gasteiger partial charge in [0.05, 0.1) is 34.6 Å². The van der Waals surface area contributed by atoms with Crippen LogP contribution in [0.2, 0.25) is 0 Å². The van der Waals surface area contributed by atoms with E-state index in [-0.39, 0.29) is 11.7 Å². The molecule has 1 N–H and O–H groups in total. The van der Waals surface area contributed by atoms with Gasteiger partial charge in [0.15, 0.2) is 4.80 Å². The van der Waals surface area contributed by atoms with Crippen molar-refractivity contribution in [2.24, 2.45) is 4.99 Å². The Morgan fingerprint density at radius 1 is 1.19 bits per heavy atom. The summed E-state index contributed by atoms with van der Waals surface area (Å²) in [6, 6.07) is 14.8. The summed E-state index contributed by atoms with van der Waals surface area (Å²) in [5, 5.41) is 1.03. The zero-order valence-corrected chi connectivity index (χ0v) is 21.4. The Morgan fingerprint density at radius 3 is 2.67 bits per heavy atom. The van der Waals surface area contributed by atoms with E-state index in [9.17, 15) is 9.59 Å². The lowest BCUT2D eigenvalue weighted by Gasteiger charge is -2.25. The molecule has 0 saturated carbocycles. The summed E-state index contributed by atoms with van der Waals surface area (Å²) in [5.74, 6) is 0.246. The minimum Gasteiger partial charge on any atom is -0.494 e. The van der Waals surface area contributed by atoms with Gasteiger partial charge in [0.2, 0.25) is 0 Å². The highest BCUT2D eigenvalue weighted by atomic mass is 32.1. The predicted molar refractivity (Wildman–Crippen MR) is 141 cm³/mol. The maximum absolute atomic E-state index is 13.8. The average Bonchev–Trinajstić information content (AvgIpc) is 3.39. The third kappa shape index (κ3) is 4.28. The molecule has 184 valence electrons. The molecule has 7 nitrogen and oxygen atoms in total. The fourth-order valence-corrected chi connectivity index (χ4v) is 5.48. The lowest BCUT2D eigenvalue weighted by Crippen LogP contribution is -2.40. The van der Waals surface area contributed by atoms with Gasteiger partial charge >= 0.3 is 5.97 Å². The Hall–Kier alpha value is -3.91. The maximum atomic E-state index is 13.8. The number of rotatable bonds is 6. The summed E-state index contributed by atoms with van der Waals surface area (Å²) < 4.78 is 13.3. The van der Waals surface area contributed by atoms with E-state index in [0.29, 0.717) is 27.2 Å². The Bertz CT molecular complexity index is 1660. The summed E-state index contributed by atoms with van der Waals surface area (Å²) in [6.45, 7) is 7.86. The molecule has 1 atom stereocenters. The number of thiazole rings is 1. The molecule has 5 rings (SSSR count). The van der Waals surface area contributed by atoms with Gasteiger partial charge in [0.1, 0.15) is 5.75 Å². The molecule has 0 saturated heterocycles. The van der Waals surface area contributed by atoms with E-state index in [1.165, 1.54) is 11.3 Å². The second-order valence-corrected chi connectivity index (χ2v) is 9.84. The molecule has 0 aliphatic carbocycles. The summed E-state index contributed by atoms with van der Waals surface area (Å²) in [5.41, 5.74) is 3.40. The van der Waals surface area contributed by atoms with Gasteiger partial charge in [-0.25, -0.2) is 9.79 Å². The minimum atomic E-state index is -0.659. The van der Waals surface area contributed by atoms with Crippen LogP contribution in [0.4, 0.5) is 0 Å². The molecule has 0 unspecified atom stereocenters. The van der Waals surface area contributed by atoms with Gasteiger partial charge in [0.25, 0.3) is 5.56 Å². The van der Waals surface area contributed by atoms with Gasteiger partial charge in [-0.3, -0.25) is 9.36 Å².